The highest BCUT2D eigenvalue weighted by atomic mass is 19.1. The summed E-state index contributed by atoms with van der Waals surface area (Å²) < 4.78 is 19.3. The van der Waals surface area contributed by atoms with Crippen LogP contribution >= 0.6 is 0 Å². The summed E-state index contributed by atoms with van der Waals surface area (Å²) in [5.41, 5.74) is 5.08. The van der Waals surface area contributed by atoms with Crippen molar-refractivity contribution in [3.8, 4) is 11.1 Å². The van der Waals surface area contributed by atoms with Gasteiger partial charge >= 0.3 is 0 Å². The highest BCUT2D eigenvalue weighted by Gasteiger charge is 2.12. The van der Waals surface area contributed by atoms with Crippen molar-refractivity contribution in [2.24, 2.45) is 0 Å². The fourth-order valence-electron chi connectivity index (χ4n) is 2.41. The third kappa shape index (κ3) is 2.39. The van der Waals surface area contributed by atoms with E-state index in [2.05, 4.69) is 17.4 Å². The molecule has 98 valence electrons. The highest BCUT2D eigenvalue weighted by molar-refractivity contribution is 5.65. The van der Waals surface area contributed by atoms with E-state index in [1.807, 2.05) is 25.2 Å². The zero-order chi connectivity index (χ0) is 13.2. The van der Waals surface area contributed by atoms with Crippen molar-refractivity contribution in [1.29, 1.82) is 0 Å². The summed E-state index contributed by atoms with van der Waals surface area (Å²) in [7, 11) is 1.81. The Kier molecular flexibility index (Phi) is 3.32. The lowest BCUT2D eigenvalue weighted by Crippen LogP contribution is -2.06. The molecule has 1 heterocycles. The van der Waals surface area contributed by atoms with Crippen LogP contribution in [0, 0.1) is 5.82 Å². The first-order valence-corrected chi connectivity index (χ1v) is 6.41. The second kappa shape index (κ2) is 5.11. The monoisotopic (exact) mass is 257 g/mol. The largest absolute Gasteiger partial charge is 0.372 e. The molecule has 0 radical (unpaired) electrons. The third-order valence-electron chi connectivity index (χ3n) is 3.48. The quantitative estimate of drug-likeness (QED) is 0.911. The molecule has 1 aliphatic heterocycles. The fourth-order valence-corrected chi connectivity index (χ4v) is 2.41. The van der Waals surface area contributed by atoms with E-state index < -0.39 is 0 Å². The summed E-state index contributed by atoms with van der Waals surface area (Å²) in [6.07, 6.45) is 0. The molecule has 0 fully saturated rings. The second-order valence-corrected chi connectivity index (χ2v) is 4.81. The zero-order valence-corrected chi connectivity index (χ0v) is 10.9. The van der Waals surface area contributed by atoms with Gasteiger partial charge in [0.05, 0.1) is 13.2 Å². The molecule has 2 nitrogen and oxygen atoms in total. The van der Waals surface area contributed by atoms with Gasteiger partial charge in [-0.2, -0.15) is 0 Å². The van der Waals surface area contributed by atoms with Gasteiger partial charge < -0.3 is 10.1 Å². The SMILES string of the molecule is CNCc1ccc(-c2ccc3c(c2)COC3)cc1F. The molecule has 3 heteroatoms. The lowest BCUT2D eigenvalue weighted by atomic mass is 9.99. The van der Waals surface area contributed by atoms with Crippen LogP contribution in [0.4, 0.5) is 4.39 Å². The molecule has 0 amide bonds. The average molecular weight is 257 g/mol. The lowest BCUT2D eigenvalue weighted by Gasteiger charge is -2.07. The number of halogens is 1. The molecule has 19 heavy (non-hydrogen) atoms. The molecular formula is C16H16FNO. The Hall–Kier alpha value is -1.71. The van der Waals surface area contributed by atoms with Crippen LogP contribution in [0.1, 0.15) is 16.7 Å². The van der Waals surface area contributed by atoms with E-state index in [0.29, 0.717) is 25.3 Å². The molecule has 3 rings (SSSR count). The molecule has 0 bridgehead atoms. The van der Waals surface area contributed by atoms with Crippen LogP contribution in [0.25, 0.3) is 11.1 Å². The highest BCUT2D eigenvalue weighted by Crippen LogP contribution is 2.28. The van der Waals surface area contributed by atoms with E-state index in [4.69, 9.17) is 4.74 Å². The normalized spacial score (nSPS) is 13.6. The Morgan fingerprint density at radius 3 is 2.58 bits per heavy atom. The third-order valence-corrected chi connectivity index (χ3v) is 3.48. The number of rotatable bonds is 3. The Morgan fingerprint density at radius 1 is 1.05 bits per heavy atom. The first-order chi connectivity index (χ1) is 9.28. The molecule has 0 unspecified atom stereocenters. The van der Waals surface area contributed by atoms with E-state index in [9.17, 15) is 4.39 Å². The first kappa shape index (κ1) is 12.3. The molecule has 1 aliphatic rings. The molecule has 2 aromatic carbocycles. The Morgan fingerprint density at radius 2 is 1.79 bits per heavy atom. The minimum atomic E-state index is -0.163. The molecule has 0 aromatic heterocycles. The molecular weight excluding hydrogens is 241 g/mol. The van der Waals surface area contributed by atoms with E-state index in [1.165, 1.54) is 11.1 Å². The van der Waals surface area contributed by atoms with Gasteiger partial charge in [0.15, 0.2) is 0 Å². The van der Waals surface area contributed by atoms with Crippen LogP contribution in [0.2, 0.25) is 0 Å². The van der Waals surface area contributed by atoms with Crippen molar-refractivity contribution in [1.82, 2.24) is 5.32 Å². The molecule has 0 saturated carbocycles. The summed E-state index contributed by atoms with van der Waals surface area (Å²) >= 11 is 0. The predicted octanol–water partition coefficient (Wildman–Crippen LogP) is 3.24. The summed E-state index contributed by atoms with van der Waals surface area (Å²) in [5.74, 6) is -0.163. The zero-order valence-electron chi connectivity index (χ0n) is 10.9. The molecule has 0 atom stereocenters. The fraction of sp³-hybridized carbons (Fsp3) is 0.250. The van der Waals surface area contributed by atoms with E-state index >= 15 is 0 Å². The van der Waals surface area contributed by atoms with Crippen LogP contribution in [-0.2, 0) is 24.5 Å². The average Bonchev–Trinajstić information content (AvgIpc) is 2.88. The number of ether oxygens (including phenoxy) is 1. The van der Waals surface area contributed by atoms with Crippen molar-refractivity contribution >= 4 is 0 Å². The molecule has 0 saturated heterocycles. The molecule has 0 spiro atoms. The topological polar surface area (TPSA) is 21.3 Å². The van der Waals surface area contributed by atoms with Gasteiger partial charge in [0, 0.05) is 12.1 Å². The van der Waals surface area contributed by atoms with Gasteiger partial charge in [-0.05, 0) is 41.4 Å². The summed E-state index contributed by atoms with van der Waals surface area (Å²) in [6.45, 7) is 1.89. The van der Waals surface area contributed by atoms with Gasteiger partial charge in [-0.1, -0.05) is 24.3 Å². The maximum Gasteiger partial charge on any atom is 0.128 e. The molecule has 2 aromatic rings. The predicted molar refractivity (Wildman–Crippen MR) is 73.1 cm³/mol. The van der Waals surface area contributed by atoms with Gasteiger partial charge in [0.1, 0.15) is 5.82 Å². The van der Waals surface area contributed by atoms with Crippen LogP contribution in [0.3, 0.4) is 0 Å². The molecule has 0 aliphatic carbocycles. The van der Waals surface area contributed by atoms with Crippen LogP contribution in [0.5, 0.6) is 0 Å². The number of nitrogens with one attached hydrogen (secondary N) is 1. The minimum absolute atomic E-state index is 0.163. The van der Waals surface area contributed by atoms with E-state index in [1.54, 1.807) is 6.07 Å². The summed E-state index contributed by atoms with van der Waals surface area (Å²) in [4.78, 5) is 0. The summed E-state index contributed by atoms with van der Waals surface area (Å²) in [6, 6.07) is 11.6. The summed E-state index contributed by atoms with van der Waals surface area (Å²) in [5, 5.41) is 2.96. The Bertz CT molecular complexity index is 610. The van der Waals surface area contributed by atoms with Crippen molar-refractivity contribution in [3.63, 3.8) is 0 Å². The number of benzene rings is 2. The van der Waals surface area contributed by atoms with Crippen molar-refractivity contribution < 1.29 is 9.13 Å². The van der Waals surface area contributed by atoms with E-state index in [-0.39, 0.29) is 5.82 Å². The van der Waals surface area contributed by atoms with Crippen LogP contribution < -0.4 is 5.32 Å². The van der Waals surface area contributed by atoms with Gasteiger partial charge in [-0.15, -0.1) is 0 Å². The van der Waals surface area contributed by atoms with Crippen LogP contribution in [-0.4, -0.2) is 7.05 Å². The smallest absolute Gasteiger partial charge is 0.128 e. The van der Waals surface area contributed by atoms with Crippen molar-refractivity contribution in [2.45, 2.75) is 19.8 Å². The molecule has 1 N–H and O–H groups in total. The maximum atomic E-state index is 13.9. The Labute approximate surface area is 112 Å². The number of hydrogen-bond donors (Lipinski definition) is 1. The Balaban J connectivity index is 1.96. The second-order valence-electron chi connectivity index (χ2n) is 4.81. The van der Waals surface area contributed by atoms with E-state index in [0.717, 1.165) is 11.1 Å². The maximum absolute atomic E-state index is 13.9. The van der Waals surface area contributed by atoms with Gasteiger partial charge in [0.25, 0.3) is 0 Å². The number of hydrogen-bond acceptors (Lipinski definition) is 2. The van der Waals surface area contributed by atoms with Crippen molar-refractivity contribution in [3.05, 3.63) is 58.9 Å². The minimum Gasteiger partial charge on any atom is -0.372 e. The van der Waals surface area contributed by atoms with Gasteiger partial charge in [-0.25, -0.2) is 4.39 Å². The van der Waals surface area contributed by atoms with Gasteiger partial charge in [-0.3, -0.25) is 0 Å². The lowest BCUT2D eigenvalue weighted by molar-refractivity contribution is 0.134. The standard InChI is InChI=1S/C16H16FNO/c1-18-8-13-4-2-12(7-16(13)17)11-3-5-14-9-19-10-15(14)6-11/h2-7,18H,8-10H2,1H3. The number of fused-ring (bicyclic) bond motifs is 1. The van der Waals surface area contributed by atoms with Gasteiger partial charge in [0.2, 0.25) is 0 Å². The van der Waals surface area contributed by atoms with Crippen LogP contribution in [0.15, 0.2) is 36.4 Å². The van der Waals surface area contributed by atoms with Crippen molar-refractivity contribution in [2.75, 3.05) is 7.05 Å². The first-order valence-electron chi connectivity index (χ1n) is 6.41.